The Labute approximate surface area is 270 Å². The van der Waals surface area contributed by atoms with Gasteiger partial charge in [-0.1, -0.05) is 37.3 Å². The second-order valence-corrected chi connectivity index (χ2v) is 19.5. The smallest absolute Gasteiger partial charge is 0.337 e. The maximum absolute atomic E-state index is 12.8. The van der Waals surface area contributed by atoms with E-state index in [1.807, 2.05) is 27.7 Å². The number of aromatic amines is 1. The van der Waals surface area contributed by atoms with Crippen molar-refractivity contribution in [2.75, 3.05) is 43.3 Å². The number of aliphatic carboxylic acids is 1. The average Bonchev–Trinajstić information content (AvgIpc) is 3.40. The highest BCUT2D eigenvalue weighted by molar-refractivity contribution is 8.32. The average molecular weight is 637 g/mol. The first kappa shape index (κ1) is 33.4. The molecule has 1 fully saturated rings. The molecule has 0 amide bonds. The fraction of sp³-hybridized carbons (Fsp3) is 0.600. The number of aromatic nitrogens is 4. The first-order valence-electron chi connectivity index (χ1n) is 16.0. The van der Waals surface area contributed by atoms with Crippen LogP contribution in [0, 0.1) is 19.3 Å². The van der Waals surface area contributed by atoms with Crippen molar-refractivity contribution < 1.29 is 14.6 Å². The Kier molecular flexibility index (Phi) is 9.16. The van der Waals surface area contributed by atoms with Gasteiger partial charge in [-0.2, -0.15) is 0 Å². The molecule has 3 aromatic rings. The van der Waals surface area contributed by atoms with E-state index in [1.54, 1.807) is 0 Å². The zero-order chi connectivity index (χ0) is 32.9. The summed E-state index contributed by atoms with van der Waals surface area (Å²) in [6.07, 6.45) is 8.64. The third-order valence-corrected chi connectivity index (χ3v) is 10.6. The number of benzene rings is 1. The van der Waals surface area contributed by atoms with Crippen LogP contribution >= 0.6 is 10.0 Å². The number of ether oxygens (including phenoxy) is 1. The number of H-pyrrole nitrogens is 1. The molecule has 0 spiro atoms. The van der Waals surface area contributed by atoms with Crippen LogP contribution < -0.4 is 4.90 Å². The molecule has 9 nitrogen and oxygen atoms in total. The molecule has 0 bridgehead atoms. The highest BCUT2D eigenvalue weighted by Gasteiger charge is 2.36. The fourth-order valence-electron chi connectivity index (χ4n) is 6.71. The maximum Gasteiger partial charge on any atom is 0.337 e. The number of nitrogens with zero attached hydrogens (tertiary/aromatic N) is 5. The lowest BCUT2D eigenvalue weighted by Crippen LogP contribution is -2.39. The van der Waals surface area contributed by atoms with E-state index in [9.17, 15) is 9.90 Å². The SMILES string of the molecule is Cc1nc(C)c([C@H](OC(C)(C)C)C(=O)O)c(N2CCC(C)(C)CC2)c1-c1ccc2c(c1)CCN(Cc1[nH]nnc1S(C)(C)C)C2. The summed E-state index contributed by atoms with van der Waals surface area (Å²) >= 11 is 0. The molecule has 0 aliphatic carbocycles. The summed E-state index contributed by atoms with van der Waals surface area (Å²) in [5.74, 6) is -0.988. The Morgan fingerprint density at radius 3 is 2.40 bits per heavy atom. The number of carboxylic acids is 1. The number of carboxylic acid groups (broad SMARTS) is 1. The van der Waals surface area contributed by atoms with E-state index in [1.165, 1.54) is 11.1 Å². The van der Waals surface area contributed by atoms with E-state index in [0.29, 0.717) is 11.3 Å². The Balaban J connectivity index is 1.55. The monoisotopic (exact) mass is 636 g/mol. The highest BCUT2D eigenvalue weighted by Crippen LogP contribution is 2.46. The number of nitrogens with one attached hydrogen (secondary N) is 1. The van der Waals surface area contributed by atoms with Crippen molar-refractivity contribution in [3.8, 4) is 11.1 Å². The van der Waals surface area contributed by atoms with Gasteiger partial charge in [0.1, 0.15) is 5.03 Å². The number of aryl methyl sites for hydroxylation is 2. The van der Waals surface area contributed by atoms with Gasteiger partial charge in [0.25, 0.3) is 0 Å². The predicted octanol–water partition coefficient (Wildman–Crippen LogP) is 6.66. The van der Waals surface area contributed by atoms with E-state index in [-0.39, 0.29) is 5.41 Å². The van der Waals surface area contributed by atoms with Crippen LogP contribution in [0.3, 0.4) is 0 Å². The number of pyridine rings is 1. The molecule has 246 valence electrons. The summed E-state index contributed by atoms with van der Waals surface area (Å²) in [6, 6.07) is 6.77. The quantitative estimate of drug-likeness (QED) is 0.283. The number of carbonyl (C=O) groups is 1. The number of hydrogen-bond donors (Lipinski definition) is 2. The normalized spacial score (nSPS) is 18.5. The van der Waals surface area contributed by atoms with Crippen molar-refractivity contribution in [3.63, 3.8) is 0 Å². The first-order chi connectivity index (χ1) is 20.9. The van der Waals surface area contributed by atoms with Gasteiger partial charge in [0.15, 0.2) is 6.10 Å². The van der Waals surface area contributed by atoms with Gasteiger partial charge in [0.2, 0.25) is 0 Å². The minimum Gasteiger partial charge on any atom is -0.479 e. The molecule has 2 aromatic heterocycles. The number of anilines is 1. The van der Waals surface area contributed by atoms with E-state index in [2.05, 4.69) is 82.9 Å². The van der Waals surface area contributed by atoms with Crippen LogP contribution in [-0.2, 0) is 29.0 Å². The lowest BCUT2D eigenvalue weighted by Gasteiger charge is -2.41. The van der Waals surface area contributed by atoms with Crippen LogP contribution in [0.1, 0.15) is 87.3 Å². The number of hydrogen-bond acceptors (Lipinski definition) is 7. The van der Waals surface area contributed by atoms with Crippen LogP contribution in [0.2, 0.25) is 0 Å². The molecule has 0 saturated carbocycles. The van der Waals surface area contributed by atoms with Crippen LogP contribution in [0.25, 0.3) is 11.1 Å². The summed E-state index contributed by atoms with van der Waals surface area (Å²) in [4.78, 5) is 22.7. The second-order valence-electron chi connectivity index (χ2n) is 15.4. The van der Waals surface area contributed by atoms with Crippen molar-refractivity contribution in [2.24, 2.45) is 5.41 Å². The molecule has 1 atom stereocenters. The number of fused-ring (bicyclic) bond motifs is 1. The molecule has 5 rings (SSSR count). The molecule has 45 heavy (non-hydrogen) atoms. The lowest BCUT2D eigenvalue weighted by atomic mass is 9.81. The minimum atomic E-state index is -1.12. The predicted molar refractivity (Wildman–Crippen MR) is 183 cm³/mol. The van der Waals surface area contributed by atoms with Gasteiger partial charge in [0.05, 0.1) is 17.0 Å². The first-order valence-corrected chi connectivity index (χ1v) is 18.9. The molecule has 4 heterocycles. The van der Waals surface area contributed by atoms with Crippen molar-refractivity contribution >= 4 is 21.7 Å². The summed E-state index contributed by atoms with van der Waals surface area (Å²) in [6.45, 7) is 18.7. The Morgan fingerprint density at radius 2 is 1.78 bits per heavy atom. The molecule has 2 aliphatic rings. The van der Waals surface area contributed by atoms with Crippen molar-refractivity contribution in [3.05, 3.63) is 52.0 Å². The fourth-order valence-corrected chi connectivity index (χ4v) is 7.85. The van der Waals surface area contributed by atoms with Crippen molar-refractivity contribution in [1.29, 1.82) is 0 Å². The number of piperidine rings is 1. The van der Waals surface area contributed by atoms with Gasteiger partial charge >= 0.3 is 5.97 Å². The summed E-state index contributed by atoms with van der Waals surface area (Å²) in [5, 5.41) is 23.3. The number of rotatable bonds is 8. The highest BCUT2D eigenvalue weighted by atomic mass is 32.3. The molecular formula is C35H52N6O3S. The zero-order valence-electron chi connectivity index (χ0n) is 28.9. The van der Waals surface area contributed by atoms with E-state index < -0.39 is 27.7 Å². The Hall–Kier alpha value is -2.95. The van der Waals surface area contributed by atoms with Crippen LogP contribution in [0.15, 0.2) is 23.2 Å². The van der Waals surface area contributed by atoms with Gasteiger partial charge in [-0.3, -0.25) is 15.0 Å². The topological polar surface area (TPSA) is 107 Å². The van der Waals surface area contributed by atoms with E-state index >= 15 is 0 Å². The zero-order valence-corrected chi connectivity index (χ0v) is 29.7. The van der Waals surface area contributed by atoms with E-state index in [4.69, 9.17) is 9.72 Å². The summed E-state index contributed by atoms with van der Waals surface area (Å²) in [7, 11) is -0.978. The summed E-state index contributed by atoms with van der Waals surface area (Å²) < 4.78 is 6.26. The molecule has 1 aromatic carbocycles. The second kappa shape index (κ2) is 12.3. The van der Waals surface area contributed by atoms with Crippen LogP contribution in [0.4, 0.5) is 5.69 Å². The standard InChI is InChI=1S/C35H52N6O3S/c1-22-28(25-11-12-26-20-40(16-13-24(26)19-25)21-27-32(38-39-37-27)45(8,9)10)30(41-17-14-35(6,7)15-18-41)29(23(2)36-22)31(33(42)43)44-34(3,4)5/h11-12,19,31H,13-18,20-21H2,1-10H3,(H,42,43)(H,37,38,39)/t31-/m0/s1. The minimum absolute atomic E-state index is 0.251. The Morgan fingerprint density at radius 1 is 1.09 bits per heavy atom. The lowest BCUT2D eigenvalue weighted by molar-refractivity contribution is -0.160. The third kappa shape index (κ3) is 7.39. The molecule has 0 radical (unpaired) electrons. The maximum atomic E-state index is 12.8. The van der Waals surface area contributed by atoms with Crippen molar-refractivity contribution in [2.45, 2.75) is 97.5 Å². The Bertz CT molecular complexity index is 1560. The molecule has 0 unspecified atom stereocenters. The van der Waals surface area contributed by atoms with Crippen LogP contribution in [-0.4, -0.2) is 80.4 Å². The molecule has 2 aliphatic heterocycles. The summed E-state index contributed by atoms with van der Waals surface area (Å²) in [5.41, 5.74) is 8.76. The molecule has 10 heteroatoms. The van der Waals surface area contributed by atoms with Gasteiger partial charge in [-0.15, -0.1) is 5.10 Å². The van der Waals surface area contributed by atoms with Gasteiger partial charge in [0, 0.05) is 55.2 Å². The van der Waals surface area contributed by atoms with Crippen molar-refractivity contribution in [1.82, 2.24) is 25.3 Å². The van der Waals surface area contributed by atoms with Gasteiger partial charge in [-0.05, 0) is 94.8 Å². The largest absolute Gasteiger partial charge is 0.479 e. The van der Waals surface area contributed by atoms with Gasteiger partial charge in [-0.25, -0.2) is 14.8 Å². The van der Waals surface area contributed by atoms with Crippen LogP contribution in [0.5, 0.6) is 0 Å². The molecule has 1 saturated heterocycles. The van der Waals surface area contributed by atoms with E-state index in [0.717, 1.165) is 85.2 Å². The molecule has 2 N–H and O–H groups in total. The van der Waals surface area contributed by atoms with Gasteiger partial charge < -0.3 is 14.7 Å². The third-order valence-electron chi connectivity index (χ3n) is 9.10. The molecular weight excluding hydrogens is 584 g/mol.